The van der Waals surface area contributed by atoms with Gasteiger partial charge in [0.05, 0.1) is 0 Å². The minimum atomic E-state index is 0.135. The van der Waals surface area contributed by atoms with E-state index in [1.54, 1.807) is 0 Å². The fourth-order valence-electron chi connectivity index (χ4n) is 4.09. The Hall–Kier alpha value is -0.570. The lowest BCUT2D eigenvalue weighted by Gasteiger charge is -2.36. The average Bonchev–Trinajstić information content (AvgIpc) is 2.30. The highest BCUT2D eigenvalue weighted by molar-refractivity contribution is 5.79. The third-order valence-corrected chi connectivity index (χ3v) is 5.10. The first-order valence-electron chi connectivity index (χ1n) is 8.01. The predicted molar refractivity (Wildman–Crippen MR) is 78.6 cm³/mol. The van der Waals surface area contributed by atoms with Crippen LogP contribution in [0.4, 0.5) is 0 Å². The molecular formula is C16H30N2O. The molecule has 1 amide bonds. The zero-order chi connectivity index (χ0) is 14.0. The van der Waals surface area contributed by atoms with E-state index in [0.29, 0.717) is 12.0 Å². The third kappa shape index (κ3) is 3.95. The first-order chi connectivity index (χ1) is 8.95. The van der Waals surface area contributed by atoms with E-state index in [-0.39, 0.29) is 17.9 Å². The van der Waals surface area contributed by atoms with Crippen LogP contribution in [0.3, 0.4) is 0 Å². The number of nitrogens with one attached hydrogen (secondary N) is 1. The van der Waals surface area contributed by atoms with Crippen LogP contribution in [0, 0.1) is 23.7 Å². The summed E-state index contributed by atoms with van der Waals surface area (Å²) in [5.74, 6) is 2.35. The lowest BCUT2D eigenvalue weighted by atomic mass is 9.76. The third-order valence-electron chi connectivity index (χ3n) is 5.10. The van der Waals surface area contributed by atoms with E-state index < -0.39 is 0 Å². The smallest absolute Gasteiger partial charge is 0.223 e. The van der Waals surface area contributed by atoms with Crippen molar-refractivity contribution in [2.45, 2.75) is 71.4 Å². The van der Waals surface area contributed by atoms with E-state index in [9.17, 15) is 4.79 Å². The van der Waals surface area contributed by atoms with Crippen LogP contribution < -0.4 is 11.1 Å². The molecule has 0 radical (unpaired) electrons. The average molecular weight is 266 g/mol. The largest absolute Gasteiger partial charge is 0.353 e. The second kappa shape index (κ2) is 6.25. The molecule has 5 unspecified atom stereocenters. The van der Waals surface area contributed by atoms with E-state index in [4.69, 9.17) is 5.73 Å². The van der Waals surface area contributed by atoms with Gasteiger partial charge in [0.2, 0.25) is 5.91 Å². The van der Waals surface area contributed by atoms with E-state index in [2.05, 4.69) is 26.1 Å². The van der Waals surface area contributed by atoms with Crippen molar-refractivity contribution in [3.8, 4) is 0 Å². The lowest BCUT2D eigenvalue weighted by molar-refractivity contribution is -0.128. The number of amides is 1. The zero-order valence-corrected chi connectivity index (χ0v) is 12.7. The summed E-state index contributed by atoms with van der Waals surface area (Å²) in [6.07, 6.45) is 6.62. The van der Waals surface area contributed by atoms with Gasteiger partial charge in [0.1, 0.15) is 0 Å². The molecule has 2 aliphatic rings. The molecule has 0 saturated heterocycles. The number of carbonyl (C=O) groups is 1. The molecule has 5 atom stereocenters. The van der Waals surface area contributed by atoms with Crippen LogP contribution in [0.15, 0.2) is 0 Å². The molecule has 0 bridgehead atoms. The maximum Gasteiger partial charge on any atom is 0.223 e. The highest BCUT2D eigenvalue weighted by Crippen LogP contribution is 2.31. The molecule has 0 heterocycles. The van der Waals surface area contributed by atoms with E-state index in [1.807, 2.05) is 0 Å². The quantitative estimate of drug-likeness (QED) is 0.807. The minimum Gasteiger partial charge on any atom is -0.353 e. The highest BCUT2D eigenvalue weighted by atomic mass is 16.2. The Kier molecular flexibility index (Phi) is 4.88. The molecule has 2 aliphatic carbocycles. The molecule has 0 aliphatic heterocycles. The molecule has 0 aromatic heterocycles. The molecule has 0 aromatic rings. The van der Waals surface area contributed by atoms with Crippen LogP contribution in [0.25, 0.3) is 0 Å². The molecule has 3 heteroatoms. The maximum atomic E-state index is 12.5. The first kappa shape index (κ1) is 14.8. The van der Waals surface area contributed by atoms with Crippen molar-refractivity contribution in [2.24, 2.45) is 29.4 Å². The van der Waals surface area contributed by atoms with Crippen molar-refractivity contribution in [1.82, 2.24) is 5.32 Å². The van der Waals surface area contributed by atoms with Gasteiger partial charge in [0, 0.05) is 18.0 Å². The second-order valence-corrected chi connectivity index (χ2v) is 7.28. The number of carbonyl (C=O) groups excluding carboxylic acids is 1. The van der Waals surface area contributed by atoms with Gasteiger partial charge in [-0.1, -0.05) is 20.8 Å². The number of hydrogen-bond acceptors (Lipinski definition) is 2. The van der Waals surface area contributed by atoms with Gasteiger partial charge in [0.25, 0.3) is 0 Å². The summed E-state index contributed by atoms with van der Waals surface area (Å²) >= 11 is 0. The Morgan fingerprint density at radius 1 is 1.00 bits per heavy atom. The zero-order valence-electron chi connectivity index (χ0n) is 12.7. The summed E-state index contributed by atoms with van der Waals surface area (Å²) in [5, 5.41) is 3.31. The molecule has 3 nitrogen and oxygen atoms in total. The van der Waals surface area contributed by atoms with Crippen LogP contribution in [0.1, 0.15) is 59.3 Å². The summed E-state index contributed by atoms with van der Waals surface area (Å²) in [5.41, 5.74) is 6.02. The highest BCUT2D eigenvalue weighted by Gasteiger charge is 2.33. The van der Waals surface area contributed by atoms with Crippen molar-refractivity contribution in [1.29, 1.82) is 0 Å². The van der Waals surface area contributed by atoms with Gasteiger partial charge in [-0.05, 0) is 56.3 Å². The Morgan fingerprint density at radius 2 is 1.63 bits per heavy atom. The van der Waals surface area contributed by atoms with Crippen LogP contribution >= 0.6 is 0 Å². The van der Waals surface area contributed by atoms with E-state index in [1.165, 1.54) is 6.42 Å². The van der Waals surface area contributed by atoms with Gasteiger partial charge in [-0.3, -0.25) is 4.79 Å². The van der Waals surface area contributed by atoms with Crippen molar-refractivity contribution in [2.75, 3.05) is 0 Å². The Labute approximate surface area is 117 Å². The molecule has 0 aromatic carbocycles. The Balaban J connectivity index is 1.89. The molecule has 2 fully saturated rings. The Bertz CT molecular complexity index is 308. The lowest BCUT2D eigenvalue weighted by Crippen LogP contribution is -2.47. The fourth-order valence-corrected chi connectivity index (χ4v) is 4.09. The predicted octanol–water partition coefficient (Wildman–Crippen LogP) is 2.69. The second-order valence-electron chi connectivity index (χ2n) is 7.28. The van der Waals surface area contributed by atoms with Gasteiger partial charge in [0.15, 0.2) is 0 Å². The maximum absolute atomic E-state index is 12.5. The topological polar surface area (TPSA) is 55.1 Å². The van der Waals surface area contributed by atoms with Crippen molar-refractivity contribution >= 4 is 5.91 Å². The van der Waals surface area contributed by atoms with Crippen LogP contribution in [0.5, 0.6) is 0 Å². The summed E-state index contributed by atoms with van der Waals surface area (Å²) in [6.45, 7) is 6.80. The van der Waals surface area contributed by atoms with E-state index in [0.717, 1.165) is 43.9 Å². The molecular weight excluding hydrogens is 236 g/mol. The van der Waals surface area contributed by atoms with Gasteiger partial charge in [-0.2, -0.15) is 0 Å². The molecule has 3 N–H and O–H groups in total. The molecule has 110 valence electrons. The molecule has 19 heavy (non-hydrogen) atoms. The normalized spacial score (nSPS) is 43.8. The summed E-state index contributed by atoms with van der Waals surface area (Å²) in [4.78, 5) is 12.5. The Morgan fingerprint density at radius 3 is 2.26 bits per heavy atom. The molecule has 0 spiro atoms. The fraction of sp³-hybridized carbons (Fsp3) is 0.938. The number of hydrogen-bond donors (Lipinski definition) is 2. The van der Waals surface area contributed by atoms with Crippen LogP contribution in [-0.4, -0.2) is 18.0 Å². The van der Waals surface area contributed by atoms with Crippen LogP contribution in [-0.2, 0) is 4.79 Å². The molecule has 2 rings (SSSR count). The van der Waals surface area contributed by atoms with E-state index >= 15 is 0 Å². The van der Waals surface area contributed by atoms with Crippen molar-refractivity contribution in [3.05, 3.63) is 0 Å². The van der Waals surface area contributed by atoms with Crippen LogP contribution in [0.2, 0.25) is 0 Å². The summed E-state index contributed by atoms with van der Waals surface area (Å²) < 4.78 is 0. The minimum absolute atomic E-state index is 0.135. The van der Waals surface area contributed by atoms with Gasteiger partial charge < -0.3 is 11.1 Å². The standard InChI is InChI=1S/C16H30N2O/c1-10-6-11(2)8-14(7-10)18-16(19)15-9-13(17)5-4-12(15)3/h10-15H,4-9,17H2,1-3H3,(H,18,19). The van der Waals surface area contributed by atoms with Gasteiger partial charge in [-0.15, -0.1) is 0 Å². The SMILES string of the molecule is CC1CC(C)CC(NC(=O)C2CC(N)CCC2C)C1. The summed E-state index contributed by atoms with van der Waals surface area (Å²) in [6, 6.07) is 0.604. The summed E-state index contributed by atoms with van der Waals surface area (Å²) in [7, 11) is 0. The van der Waals surface area contributed by atoms with Crippen molar-refractivity contribution in [3.63, 3.8) is 0 Å². The van der Waals surface area contributed by atoms with Gasteiger partial charge >= 0.3 is 0 Å². The van der Waals surface area contributed by atoms with Crippen molar-refractivity contribution < 1.29 is 4.79 Å². The number of rotatable bonds is 2. The van der Waals surface area contributed by atoms with Gasteiger partial charge in [-0.25, -0.2) is 0 Å². The first-order valence-corrected chi connectivity index (χ1v) is 8.01. The number of nitrogens with two attached hydrogens (primary N) is 1. The monoisotopic (exact) mass is 266 g/mol. The molecule has 2 saturated carbocycles.